The Labute approximate surface area is 190 Å². The van der Waals surface area contributed by atoms with Gasteiger partial charge in [0.15, 0.2) is 0 Å². The number of amides is 1. The highest BCUT2D eigenvalue weighted by Gasteiger charge is 2.26. The lowest BCUT2D eigenvalue weighted by atomic mass is 9.98. The minimum absolute atomic E-state index is 0.0835. The van der Waals surface area contributed by atoms with Crippen molar-refractivity contribution < 1.29 is 9.18 Å². The van der Waals surface area contributed by atoms with Gasteiger partial charge in [-0.3, -0.25) is 9.59 Å². The van der Waals surface area contributed by atoms with Crippen LogP contribution in [-0.2, 0) is 0 Å². The monoisotopic (exact) mass is 441 g/mol. The number of fused-ring (bicyclic) bond motifs is 1. The molecule has 0 spiro atoms. The van der Waals surface area contributed by atoms with Crippen molar-refractivity contribution >= 4 is 16.9 Å². The van der Waals surface area contributed by atoms with Crippen molar-refractivity contribution in [3.63, 3.8) is 0 Å². The number of carbonyl (C=O) groups excluding carboxylic acids is 1. The SMILES string of the molecule is CC(C)c1ccc(-c2cccc(-n3cc(C(=O)NC4CC4)c(=O)c4cccnc43)c2)cc1F. The molecule has 166 valence electrons. The van der Waals surface area contributed by atoms with Crippen LogP contribution in [0.15, 0.2) is 71.8 Å². The largest absolute Gasteiger partial charge is 0.349 e. The molecular formula is C27H24FN3O2. The van der Waals surface area contributed by atoms with Gasteiger partial charge in [0.25, 0.3) is 5.91 Å². The van der Waals surface area contributed by atoms with Gasteiger partial charge >= 0.3 is 0 Å². The molecule has 5 rings (SSSR count). The van der Waals surface area contributed by atoms with Crippen LogP contribution >= 0.6 is 0 Å². The van der Waals surface area contributed by atoms with E-state index < -0.39 is 0 Å². The molecule has 0 atom stereocenters. The van der Waals surface area contributed by atoms with Crippen molar-refractivity contribution in [1.29, 1.82) is 0 Å². The van der Waals surface area contributed by atoms with Crippen LogP contribution in [0.5, 0.6) is 0 Å². The van der Waals surface area contributed by atoms with Crippen LogP contribution in [0.3, 0.4) is 0 Å². The maximum atomic E-state index is 14.6. The minimum atomic E-state index is -0.371. The lowest BCUT2D eigenvalue weighted by Gasteiger charge is -2.14. The first-order valence-corrected chi connectivity index (χ1v) is 11.1. The van der Waals surface area contributed by atoms with Crippen LogP contribution in [0.25, 0.3) is 27.8 Å². The molecule has 5 nitrogen and oxygen atoms in total. The zero-order valence-electron chi connectivity index (χ0n) is 18.5. The van der Waals surface area contributed by atoms with Crippen LogP contribution in [-0.4, -0.2) is 21.5 Å². The summed E-state index contributed by atoms with van der Waals surface area (Å²) in [4.78, 5) is 30.2. The van der Waals surface area contributed by atoms with Crippen molar-refractivity contribution in [2.75, 3.05) is 0 Å². The lowest BCUT2D eigenvalue weighted by molar-refractivity contribution is 0.0949. The van der Waals surface area contributed by atoms with E-state index in [1.807, 2.05) is 50.2 Å². The van der Waals surface area contributed by atoms with Gasteiger partial charge in [-0.2, -0.15) is 0 Å². The molecule has 1 fully saturated rings. The summed E-state index contributed by atoms with van der Waals surface area (Å²) in [5, 5.41) is 3.27. The third-order valence-corrected chi connectivity index (χ3v) is 6.00. The highest BCUT2D eigenvalue weighted by atomic mass is 19.1. The second-order valence-electron chi connectivity index (χ2n) is 8.81. The fourth-order valence-corrected chi connectivity index (χ4v) is 4.02. The van der Waals surface area contributed by atoms with E-state index in [-0.39, 0.29) is 34.7 Å². The average Bonchev–Trinajstić information content (AvgIpc) is 3.63. The molecule has 6 heteroatoms. The summed E-state index contributed by atoms with van der Waals surface area (Å²) >= 11 is 0. The summed E-state index contributed by atoms with van der Waals surface area (Å²) < 4.78 is 16.4. The summed E-state index contributed by atoms with van der Waals surface area (Å²) in [6.07, 6.45) is 5.04. The zero-order chi connectivity index (χ0) is 23.1. The van der Waals surface area contributed by atoms with Gasteiger partial charge in [-0.1, -0.05) is 38.1 Å². The number of nitrogens with zero attached hydrogens (tertiary/aromatic N) is 2. The normalized spacial score (nSPS) is 13.5. The van der Waals surface area contributed by atoms with E-state index in [0.717, 1.165) is 29.7 Å². The predicted octanol–water partition coefficient (Wildman–Crippen LogP) is 5.21. The van der Waals surface area contributed by atoms with Crippen molar-refractivity contribution in [3.05, 3.63) is 94.2 Å². The van der Waals surface area contributed by atoms with Crippen LogP contribution in [0.1, 0.15) is 48.5 Å². The van der Waals surface area contributed by atoms with Gasteiger partial charge in [0.1, 0.15) is 17.0 Å². The Morgan fingerprint density at radius 1 is 1.09 bits per heavy atom. The van der Waals surface area contributed by atoms with E-state index in [0.29, 0.717) is 16.6 Å². The molecule has 2 heterocycles. The van der Waals surface area contributed by atoms with Crippen molar-refractivity contribution in [2.45, 2.75) is 38.6 Å². The molecule has 1 N–H and O–H groups in total. The van der Waals surface area contributed by atoms with Crippen LogP contribution in [0.4, 0.5) is 4.39 Å². The molecule has 1 amide bonds. The minimum Gasteiger partial charge on any atom is -0.349 e. The molecule has 2 aromatic heterocycles. The third kappa shape index (κ3) is 4.04. The first kappa shape index (κ1) is 21.1. The number of halogens is 1. The number of nitrogens with one attached hydrogen (secondary N) is 1. The number of benzene rings is 2. The second-order valence-corrected chi connectivity index (χ2v) is 8.81. The fourth-order valence-electron chi connectivity index (χ4n) is 4.02. The summed E-state index contributed by atoms with van der Waals surface area (Å²) in [5.74, 6) is -0.504. The van der Waals surface area contributed by atoms with Crippen molar-refractivity contribution in [1.82, 2.24) is 14.9 Å². The van der Waals surface area contributed by atoms with Crippen LogP contribution in [0, 0.1) is 5.82 Å². The van der Waals surface area contributed by atoms with Crippen molar-refractivity contribution in [2.24, 2.45) is 0 Å². The molecule has 0 unspecified atom stereocenters. The van der Waals surface area contributed by atoms with Gasteiger partial charge in [0, 0.05) is 24.1 Å². The third-order valence-electron chi connectivity index (χ3n) is 6.00. The van der Waals surface area contributed by atoms with Gasteiger partial charge in [-0.05, 0) is 65.8 Å². The molecular weight excluding hydrogens is 417 g/mol. The van der Waals surface area contributed by atoms with Gasteiger partial charge in [-0.25, -0.2) is 9.37 Å². The smallest absolute Gasteiger partial charge is 0.257 e. The van der Waals surface area contributed by atoms with Crippen LogP contribution in [0.2, 0.25) is 0 Å². The van der Waals surface area contributed by atoms with E-state index in [4.69, 9.17) is 0 Å². The van der Waals surface area contributed by atoms with Gasteiger partial charge < -0.3 is 9.88 Å². The van der Waals surface area contributed by atoms with E-state index in [1.54, 1.807) is 35.2 Å². The Kier molecular flexibility index (Phi) is 5.29. The number of hydrogen-bond donors (Lipinski definition) is 1. The molecule has 2 aromatic carbocycles. The number of hydrogen-bond acceptors (Lipinski definition) is 3. The Morgan fingerprint density at radius 2 is 1.88 bits per heavy atom. The van der Waals surface area contributed by atoms with E-state index in [9.17, 15) is 14.0 Å². The van der Waals surface area contributed by atoms with Gasteiger partial charge in [-0.15, -0.1) is 0 Å². The van der Waals surface area contributed by atoms with Gasteiger partial charge in [0.2, 0.25) is 5.43 Å². The molecule has 1 aliphatic carbocycles. The average molecular weight is 442 g/mol. The zero-order valence-corrected chi connectivity index (χ0v) is 18.5. The highest BCUT2D eigenvalue weighted by molar-refractivity contribution is 5.97. The molecule has 4 aromatic rings. The van der Waals surface area contributed by atoms with Gasteiger partial charge in [0.05, 0.1) is 5.39 Å². The quantitative estimate of drug-likeness (QED) is 0.463. The summed E-state index contributed by atoms with van der Waals surface area (Å²) in [6.45, 7) is 3.92. The standard InChI is InChI=1S/C27H24FN3O2/c1-16(2)21-11-8-18(14-24(21)28)17-5-3-6-20(13-17)31-15-23(27(33)30-19-9-10-19)25(32)22-7-4-12-29-26(22)31/h3-8,11-16,19H,9-10H2,1-2H3,(H,30,33). The summed E-state index contributed by atoms with van der Waals surface area (Å²) in [7, 11) is 0. The molecule has 0 radical (unpaired) electrons. The Bertz CT molecular complexity index is 1440. The lowest BCUT2D eigenvalue weighted by Crippen LogP contribution is -2.31. The molecule has 0 saturated heterocycles. The molecule has 0 aliphatic heterocycles. The molecule has 1 saturated carbocycles. The predicted molar refractivity (Wildman–Crippen MR) is 127 cm³/mol. The first-order chi connectivity index (χ1) is 15.9. The topological polar surface area (TPSA) is 64.0 Å². The molecule has 0 bridgehead atoms. The first-order valence-electron chi connectivity index (χ1n) is 11.1. The number of pyridine rings is 2. The number of rotatable bonds is 5. The highest BCUT2D eigenvalue weighted by Crippen LogP contribution is 2.28. The molecule has 1 aliphatic rings. The Hall–Kier alpha value is -3.80. The summed E-state index contributed by atoms with van der Waals surface area (Å²) in [5.41, 5.74) is 3.19. The Morgan fingerprint density at radius 3 is 2.61 bits per heavy atom. The van der Waals surface area contributed by atoms with E-state index in [2.05, 4.69) is 10.3 Å². The maximum absolute atomic E-state index is 14.6. The Balaban J connectivity index is 1.64. The van der Waals surface area contributed by atoms with Crippen LogP contribution < -0.4 is 10.7 Å². The fraction of sp³-hybridized carbons (Fsp3) is 0.222. The van der Waals surface area contributed by atoms with Crippen molar-refractivity contribution in [3.8, 4) is 16.8 Å². The number of aromatic nitrogens is 2. The second kappa shape index (κ2) is 8.28. The number of carbonyl (C=O) groups is 1. The van der Waals surface area contributed by atoms with E-state index in [1.165, 1.54) is 0 Å². The molecule has 33 heavy (non-hydrogen) atoms. The summed E-state index contributed by atoms with van der Waals surface area (Å²) in [6, 6.07) is 16.3. The maximum Gasteiger partial charge on any atom is 0.257 e. The van der Waals surface area contributed by atoms with E-state index >= 15 is 0 Å².